The number of benzene rings is 1. The topological polar surface area (TPSA) is 70.2 Å². The van der Waals surface area contributed by atoms with Crippen LogP contribution in [0.25, 0.3) is 11.3 Å². The van der Waals surface area contributed by atoms with Crippen LogP contribution in [-0.4, -0.2) is 35.4 Å². The molecule has 0 aliphatic carbocycles. The van der Waals surface area contributed by atoms with E-state index in [1.807, 2.05) is 50.2 Å². The first-order valence-electron chi connectivity index (χ1n) is 9.28. The third-order valence-electron chi connectivity index (χ3n) is 4.59. The van der Waals surface area contributed by atoms with E-state index in [1.165, 1.54) is 12.8 Å². The molecule has 1 aromatic heterocycles. The molecule has 2 heterocycles. The average Bonchev–Trinajstić information content (AvgIpc) is 2.62. The zero-order valence-corrected chi connectivity index (χ0v) is 15.7. The Balaban J connectivity index is 1.69. The van der Waals surface area contributed by atoms with Crippen LogP contribution in [-0.2, 0) is 0 Å². The monoisotopic (exact) mass is 353 g/mol. The number of aromatic nitrogens is 2. The summed E-state index contributed by atoms with van der Waals surface area (Å²) in [4.78, 5) is 14.2. The standard InChI is InChI=1S/C20H27N5O/c1-14(2)21-20(26)22-17-6-4-5-16(13-17)18-7-8-19(24-23-18)25-11-9-15(3)10-12-25/h4-8,13-15H,9-12H2,1-3H3,(H2,21,22,26). The van der Waals surface area contributed by atoms with E-state index >= 15 is 0 Å². The average molecular weight is 353 g/mol. The van der Waals surface area contributed by atoms with Crippen molar-refractivity contribution >= 4 is 17.5 Å². The van der Waals surface area contributed by atoms with Crippen LogP contribution in [0.3, 0.4) is 0 Å². The van der Waals surface area contributed by atoms with Crippen LogP contribution in [0.4, 0.5) is 16.3 Å². The Kier molecular flexibility index (Phi) is 5.71. The van der Waals surface area contributed by atoms with E-state index in [-0.39, 0.29) is 12.1 Å². The van der Waals surface area contributed by atoms with Gasteiger partial charge in [-0.15, -0.1) is 10.2 Å². The number of rotatable bonds is 4. The lowest BCUT2D eigenvalue weighted by atomic mass is 9.99. The normalized spacial score (nSPS) is 15.2. The van der Waals surface area contributed by atoms with Crippen LogP contribution in [0.5, 0.6) is 0 Å². The molecule has 0 atom stereocenters. The number of urea groups is 1. The van der Waals surface area contributed by atoms with Crippen molar-refractivity contribution in [2.24, 2.45) is 5.92 Å². The molecule has 0 saturated carbocycles. The maximum absolute atomic E-state index is 11.9. The third kappa shape index (κ3) is 4.71. The van der Waals surface area contributed by atoms with Gasteiger partial charge in [-0.25, -0.2) is 4.79 Å². The minimum Gasteiger partial charge on any atom is -0.355 e. The second-order valence-corrected chi connectivity index (χ2v) is 7.28. The van der Waals surface area contributed by atoms with Crippen LogP contribution in [0.15, 0.2) is 36.4 Å². The highest BCUT2D eigenvalue weighted by molar-refractivity contribution is 5.90. The lowest BCUT2D eigenvalue weighted by Gasteiger charge is -2.30. The lowest BCUT2D eigenvalue weighted by Crippen LogP contribution is -2.34. The Morgan fingerprint density at radius 3 is 2.58 bits per heavy atom. The number of hydrogen-bond acceptors (Lipinski definition) is 4. The second kappa shape index (κ2) is 8.17. The summed E-state index contributed by atoms with van der Waals surface area (Å²) in [7, 11) is 0. The fourth-order valence-electron chi connectivity index (χ4n) is 3.07. The second-order valence-electron chi connectivity index (χ2n) is 7.28. The Hall–Kier alpha value is -2.63. The van der Waals surface area contributed by atoms with Gasteiger partial charge in [-0.2, -0.15) is 0 Å². The van der Waals surface area contributed by atoms with E-state index in [0.717, 1.165) is 41.8 Å². The first-order chi connectivity index (χ1) is 12.5. The van der Waals surface area contributed by atoms with Gasteiger partial charge in [0.15, 0.2) is 5.82 Å². The molecular formula is C20H27N5O. The van der Waals surface area contributed by atoms with E-state index < -0.39 is 0 Å². The van der Waals surface area contributed by atoms with Gasteiger partial charge in [0.2, 0.25) is 0 Å². The number of amides is 2. The highest BCUT2D eigenvalue weighted by atomic mass is 16.2. The minimum atomic E-state index is -0.210. The van der Waals surface area contributed by atoms with Gasteiger partial charge >= 0.3 is 6.03 Å². The van der Waals surface area contributed by atoms with Crippen LogP contribution >= 0.6 is 0 Å². The van der Waals surface area contributed by atoms with Crippen molar-refractivity contribution in [1.82, 2.24) is 15.5 Å². The van der Waals surface area contributed by atoms with E-state index in [2.05, 4.69) is 32.7 Å². The van der Waals surface area contributed by atoms with Gasteiger partial charge < -0.3 is 15.5 Å². The maximum Gasteiger partial charge on any atom is 0.319 e. The van der Waals surface area contributed by atoms with Gasteiger partial charge in [-0.1, -0.05) is 19.1 Å². The van der Waals surface area contributed by atoms with Crippen LogP contribution < -0.4 is 15.5 Å². The zero-order chi connectivity index (χ0) is 18.5. The molecule has 2 amide bonds. The number of carbonyl (C=O) groups is 1. The molecule has 0 radical (unpaired) electrons. The van der Waals surface area contributed by atoms with Gasteiger partial charge in [0.1, 0.15) is 0 Å². The fourth-order valence-corrected chi connectivity index (χ4v) is 3.07. The number of hydrogen-bond donors (Lipinski definition) is 2. The first-order valence-corrected chi connectivity index (χ1v) is 9.28. The molecule has 1 aromatic carbocycles. The van der Waals surface area contributed by atoms with Crippen molar-refractivity contribution in [2.45, 2.75) is 39.7 Å². The smallest absolute Gasteiger partial charge is 0.319 e. The van der Waals surface area contributed by atoms with Crippen LogP contribution in [0.2, 0.25) is 0 Å². The van der Waals surface area contributed by atoms with Gasteiger partial charge in [0.05, 0.1) is 5.69 Å². The van der Waals surface area contributed by atoms with Crippen LogP contribution in [0, 0.1) is 5.92 Å². The summed E-state index contributed by atoms with van der Waals surface area (Å²) in [6, 6.07) is 11.6. The van der Waals surface area contributed by atoms with Crippen molar-refractivity contribution in [3.8, 4) is 11.3 Å². The molecule has 0 spiro atoms. The summed E-state index contributed by atoms with van der Waals surface area (Å²) in [5.74, 6) is 1.73. The molecule has 6 nitrogen and oxygen atoms in total. The molecule has 3 rings (SSSR count). The van der Waals surface area contributed by atoms with Crippen molar-refractivity contribution in [1.29, 1.82) is 0 Å². The predicted octanol–water partition coefficient (Wildman–Crippen LogP) is 3.91. The van der Waals surface area contributed by atoms with Gasteiger partial charge in [-0.3, -0.25) is 0 Å². The zero-order valence-electron chi connectivity index (χ0n) is 15.7. The molecule has 26 heavy (non-hydrogen) atoms. The highest BCUT2D eigenvalue weighted by Crippen LogP contribution is 2.24. The summed E-state index contributed by atoms with van der Waals surface area (Å²) in [6.45, 7) is 8.24. The highest BCUT2D eigenvalue weighted by Gasteiger charge is 2.17. The third-order valence-corrected chi connectivity index (χ3v) is 4.59. The number of carbonyl (C=O) groups excluding carboxylic acids is 1. The van der Waals surface area contributed by atoms with Crippen molar-refractivity contribution in [3.05, 3.63) is 36.4 Å². The lowest BCUT2D eigenvalue weighted by molar-refractivity contribution is 0.250. The molecule has 0 unspecified atom stereocenters. The molecule has 1 aliphatic rings. The molecule has 138 valence electrons. The van der Waals surface area contributed by atoms with Gasteiger partial charge in [0.25, 0.3) is 0 Å². The number of nitrogens with zero attached hydrogens (tertiary/aromatic N) is 3. The van der Waals surface area contributed by atoms with E-state index in [1.54, 1.807) is 0 Å². The predicted molar refractivity (Wildman–Crippen MR) is 105 cm³/mol. The molecule has 2 N–H and O–H groups in total. The van der Waals surface area contributed by atoms with Crippen LogP contribution in [0.1, 0.15) is 33.6 Å². The first kappa shape index (κ1) is 18.2. The Morgan fingerprint density at radius 1 is 1.15 bits per heavy atom. The summed E-state index contributed by atoms with van der Waals surface area (Å²) in [6.07, 6.45) is 2.41. The van der Waals surface area contributed by atoms with E-state index in [0.29, 0.717) is 0 Å². The molecule has 6 heteroatoms. The molecule has 1 aliphatic heterocycles. The molecule has 1 saturated heterocycles. The van der Waals surface area contributed by atoms with Crippen molar-refractivity contribution in [3.63, 3.8) is 0 Å². The summed E-state index contributed by atoms with van der Waals surface area (Å²) in [5, 5.41) is 14.5. The van der Waals surface area contributed by atoms with E-state index in [4.69, 9.17) is 0 Å². The Bertz CT molecular complexity index is 736. The number of anilines is 2. The Morgan fingerprint density at radius 2 is 1.92 bits per heavy atom. The quantitative estimate of drug-likeness (QED) is 0.874. The molecular weight excluding hydrogens is 326 g/mol. The van der Waals surface area contributed by atoms with Crippen molar-refractivity contribution < 1.29 is 4.79 Å². The van der Waals surface area contributed by atoms with Gasteiger partial charge in [0, 0.05) is 30.4 Å². The SMILES string of the molecule is CC1CCN(c2ccc(-c3cccc(NC(=O)NC(C)C)c3)nn2)CC1. The number of nitrogens with one attached hydrogen (secondary N) is 2. The van der Waals surface area contributed by atoms with Crippen molar-refractivity contribution in [2.75, 3.05) is 23.3 Å². The molecule has 0 bridgehead atoms. The largest absolute Gasteiger partial charge is 0.355 e. The van der Waals surface area contributed by atoms with Gasteiger partial charge in [-0.05, 0) is 56.9 Å². The minimum absolute atomic E-state index is 0.0920. The summed E-state index contributed by atoms with van der Waals surface area (Å²) < 4.78 is 0. The molecule has 1 fully saturated rings. The van der Waals surface area contributed by atoms with E-state index in [9.17, 15) is 4.79 Å². The summed E-state index contributed by atoms with van der Waals surface area (Å²) in [5.41, 5.74) is 2.46. The maximum atomic E-state index is 11.9. The number of piperidine rings is 1. The fraction of sp³-hybridized carbons (Fsp3) is 0.450. The Labute approximate surface area is 155 Å². The summed E-state index contributed by atoms with van der Waals surface area (Å²) >= 11 is 0. The molecule has 2 aromatic rings.